The molecule has 1 spiro atoms. The van der Waals surface area contributed by atoms with E-state index in [9.17, 15) is 9.90 Å². The maximum atomic E-state index is 12.7. The highest BCUT2D eigenvalue weighted by molar-refractivity contribution is 7.79. The molecule has 1 unspecified atom stereocenters. The molecule has 6 heteroatoms. The minimum Gasteiger partial charge on any atom is -0.508 e. The van der Waals surface area contributed by atoms with E-state index in [2.05, 4.69) is 24.0 Å². The third kappa shape index (κ3) is 6.04. The van der Waals surface area contributed by atoms with Crippen LogP contribution in [0.25, 0.3) is 0 Å². The Bertz CT molecular complexity index is 893. The summed E-state index contributed by atoms with van der Waals surface area (Å²) in [5.74, 6) is 1.11. The third-order valence-electron chi connectivity index (χ3n) is 6.42. The fourth-order valence-electron chi connectivity index (χ4n) is 4.75. The molecule has 2 aliphatic rings. The van der Waals surface area contributed by atoms with Gasteiger partial charge in [-0.05, 0) is 70.7 Å². The highest BCUT2D eigenvalue weighted by Crippen LogP contribution is 2.49. The number of thiol groups is 1. The number of phenolic OH excluding ortho intramolecular Hbond substituents is 1. The predicted molar refractivity (Wildman–Crippen MR) is 140 cm³/mol. The lowest BCUT2D eigenvalue weighted by atomic mass is 9.74. The number of rotatable bonds is 4. The summed E-state index contributed by atoms with van der Waals surface area (Å²) in [7, 11) is 0. The summed E-state index contributed by atoms with van der Waals surface area (Å²) in [5, 5.41) is 14.3. The van der Waals surface area contributed by atoms with E-state index in [0.29, 0.717) is 18.7 Å². The number of hydrogen-bond acceptors (Lipinski definition) is 5. The van der Waals surface area contributed by atoms with Crippen LogP contribution in [0.4, 0.5) is 0 Å². The molecule has 33 heavy (non-hydrogen) atoms. The lowest BCUT2D eigenvalue weighted by Gasteiger charge is -2.45. The average Bonchev–Trinajstić information content (AvgIpc) is 2.87. The van der Waals surface area contributed by atoms with Crippen LogP contribution in [-0.2, 0) is 0 Å². The van der Waals surface area contributed by atoms with Crippen LogP contribution in [0.3, 0.4) is 0 Å². The second kappa shape index (κ2) is 12.9. The van der Waals surface area contributed by atoms with Crippen LogP contribution in [0, 0.1) is 0 Å². The SMILES string of the molecule is CC.CCN(CC)C(=O)c1ccc(C2CC3(CCNCC3)Oc3ccccc32)c(O)c1.CS. The molecule has 1 amide bonds. The zero-order valence-electron chi connectivity index (χ0n) is 20.7. The minimum absolute atomic E-state index is 0.0425. The smallest absolute Gasteiger partial charge is 0.253 e. The van der Waals surface area contributed by atoms with Crippen LogP contribution < -0.4 is 10.1 Å². The van der Waals surface area contributed by atoms with Crippen LogP contribution >= 0.6 is 12.6 Å². The maximum absolute atomic E-state index is 12.7. The molecule has 5 nitrogen and oxygen atoms in total. The zero-order valence-corrected chi connectivity index (χ0v) is 21.6. The number of carbonyl (C=O) groups is 1. The monoisotopic (exact) mass is 472 g/mol. The molecule has 2 aromatic rings. The third-order valence-corrected chi connectivity index (χ3v) is 6.42. The molecule has 0 radical (unpaired) electrons. The number of para-hydroxylation sites is 1. The van der Waals surface area contributed by atoms with Gasteiger partial charge in [0, 0.05) is 35.7 Å². The van der Waals surface area contributed by atoms with E-state index in [1.807, 2.05) is 58.0 Å². The molecular weight excluding hydrogens is 432 g/mol. The van der Waals surface area contributed by atoms with E-state index in [0.717, 1.165) is 49.2 Å². The quantitative estimate of drug-likeness (QED) is 0.516. The summed E-state index contributed by atoms with van der Waals surface area (Å²) in [5.41, 5.74) is 2.31. The number of piperidine rings is 1. The molecule has 4 rings (SSSR count). The van der Waals surface area contributed by atoms with Gasteiger partial charge in [-0.15, -0.1) is 0 Å². The molecule has 0 aliphatic carbocycles. The van der Waals surface area contributed by atoms with Crippen molar-refractivity contribution in [1.82, 2.24) is 10.2 Å². The molecule has 2 heterocycles. The molecular formula is C27H40N2O3S. The lowest BCUT2D eigenvalue weighted by molar-refractivity contribution is 0.0112. The molecule has 2 aliphatic heterocycles. The van der Waals surface area contributed by atoms with Gasteiger partial charge in [-0.3, -0.25) is 4.79 Å². The molecule has 0 saturated carbocycles. The van der Waals surface area contributed by atoms with Crippen molar-refractivity contribution in [2.45, 2.75) is 58.5 Å². The largest absolute Gasteiger partial charge is 0.508 e. The number of fused-ring (bicyclic) bond motifs is 1. The van der Waals surface area contributed by atoms with Crippen LogP contribution in [0.15, 0.2) is 42.5 Å². The Hall–Kier alpha value is -2.18. The van der Waals surface area contributed by atoms with Gasteiger partial charge >= 0.3 is 0 Å². The van der Waals surface area contributed by atoms with Gasteiger partial charge in [0.1, 0.15) is 17.1 Å². The van der Waals surface area contributed by atoms with Crippen LogP contribution in [0.5, 0.6) is 11.5 Å². The summed E-state index contributed by atoms with van der Waals surface area (Å²) in [6, 6.07) is 13.5. The first-order valence-corrected chi connectivity index (χ1v) is 13.0. The Labute approximate surface area is 204 Å². The van der Waals surface area contributed by atoms with Crippen molar-refractivity contribution in [2.75, 3.05) is 32.4 Å². The van der Waals surface area contributed by atoms with E-state index in [1.165, 1.54) is 0 Å². The Morgan fingerprint density at radius 1 is 1.09 bits per heavy atom. The van der Waals surface area contributed by atoms with Gasteiger partial charge in [0.2, 0.25) is 0 Å². The summed E-state index contributed by atoms with van der Waals surface area (Å²) in [6.07, 6.45) is 4.44. The molecule has 2 N–H and O–H groups in total. The molecule has 1 saturated heterocycles. The Balaban J connectivity index is 0.000000914. The van der Waals surface area contributed by atoms with Gasteiger partial charge in [-0.25, -0.2) is 0 Å². The van der Waals surface area contributed by atoms with Gasteiger partial charge in [-0.2, -0.15) is 12.6 Å². The maximum Gasteiger partial charge on any atom is 0.253 e. The number of phenols is 1. The second-order valence-corrected chi connectivity index (χ2v) is 8.08. The van der Waals surface area contributed by atoms with Crippen molar-refractivity contribution in [3.63, 3.8) is 0 Å². The van der Waals surface area contributed by atoms with E-state index < -0.39 is 0 Å². The molecule has 0 bridgehead atoms. The normalized spacial score (nSPS) is 17.9. The number of ether oxygens (including phenoxy) is 1. The standard InChI is InChI=1S/C24H30N2O3.C2H6.CH4S/c1-3-26(4-2)23(28)17-9-10-18(21(27)15-17)20-16-24(11-13-25-14-12-24)29-22-8-6-5-7-19(20)22;2*1-2/h5-10,15,20,25,27H,3-4,11-14,16H2,1-2H3;1-2H3;2H,1H3. The van der Waals surface area contributed by atoms with Crippen molar-refractivity contribution in [3.05, 3.63) is 59.2 Å². The molecule has 0 aromatic heterocycles. The number of amides is 1. The zero-order chi connectivity index (χ0) is 24.4. The predicted octanol–water partition coefficient (Wildman–Crippen LogP) is 5.48. The van der Waals surface area contributed by atoms with Crippen molar-refractivity contribution >= 4 is 18.5 Å². The van der Waals surface area contributed by atoms with Crippen LogP contribution in [0.2, 0.25) is 0 Å². The fraction of sp³-hybridized carbons (Fsp3) is 0.519. The summed E-state index contributed by atoms with van der Waals surface area (Å²) in [4.78, 5) is 14.4. The number of aromatic hydroxyl groups is 1. The van der Waals surface area contributed by atoms with Gasteiger partial charge in [-0.1, -0.05) is 38.1 Å². The molecule has 2 aromatic carbocycles. The lowest BCUT2D eigenvalue weighted by Crippen LogP contribution is -2.49. The first-order valence-electron chi connectivity index (χ1n) is 12.1. The number of hydrogen-bond donors (Lipinski definition) is 3. The number of nitrogens with zero attached hydrogens (tertiary/aromatic N) is 1. The van der Waals surface area contributed by atoms with Crippen molar-refractivity contribution in [1.29, 1.82) is 0 Å². The Morgan fingerprint density at radius 3 is 2.33 bits per heavy atom. The molecule has 1 fully saturated rings. The summed E-state index contributed by atoms with van der Waals surface area (Å²) >= 11 is 3.53. The van der Waals surface area contributed by atoms with Gasteiger partial charge in [0.25, 0.3) is 5.91 Å². The highest BCUT2D eigenvalue weighted by Gasteiger charge is 2.42. The molecule has 182 valence electrons. The van der Waals surface area contributed by atoms with Crippen molar-refractivity contribution in [2.24, 2.45) is 0 Å². The van der Waals surface area contributed by atoms with Crippen LogP contribution in [-0.4, -0.2) is 53.9 Å². The fourth-order valence-corrected chi connectivity index (χ4v) is 4.75. The van der Waals surface area contributed by atoms with Crippen molar-refractivity contribution < 1.29 is 14.6 Å². The van der Waals surface area contributed by atoms with Gasteiger partial charge < -0.3 is 20.1 Å². The summed E-state index contributed by atoms with van der Waals surface area (Å²) in [6.45, 7) is 11.1. The first kappa shape index (κ1) is 27.1. The Kier molecular flexibility index (Phi) is 10.6. The van der Waals surface area contributed by atoms with Gasteiger partial charge in [0.05, 0.1) is 0 Å². The minimum atomic E-state index is -0.202. The first-order chi connectivity index (χ1) is 16.1. The number of nitrogens with one attached hydrogen (secondary N) is 1. The average molecular weight is 473 g/mol. The van der Waals surface area contributed by atoms with Crippen LogP contribution in [0.1, 0.15) is 74.4 Å². The van der Waals surface area contributed by atoms with Gasteiger partial charge in [0.15, 0.2) is 0 Å². The molecule has 1 atom stereocenters. The summed E-state index contributed by atoms with van der Waals surface area (Å²) < 4.78 is 6.49. The van der Waals surface area contributed by atoms with Crippen molar-refractivity contribution in [3.8, 4) is 11.5 Å². The van der Waals surface area contributed by atoms with E-state index in [1.54, 1.807) is 17.2 Å². The van der Waals surface area contributed by atoms with E-state index in [4.69, 9.17) is 4.74 Å². The Morgan fingerprint density at radius 2 is 1.73 bits per heavy atom. The highest BCUT2D eigenvalue weighted by atomic mass is 32.1. The van der Waals surface area contributed by atoms with E-state index in [-0.39, 0.29) is 23.2 Å². The number of benzene rings is 2. The second-order valence-electron chi connectivity index (χ2n) is 8.08. The number of carbonyl (C=O) groups excluding carboxylic acids is 1. The van der Waals surface area contributed by atoms with E-state index >= 15 is 0 Å². The topological polar surface area (TPSA) is 61.8 Å².